The van der Waals surface area contributed by atoms with Crippen LogP contribution in [0.3, 0.4) is 0 Å². The highest BCUT2D eigenvalue weighted by atomic mass is 32.2. The van der Waals surface area contributed by atoms with Crippen molar-refractivity contribution in [2.75, 3.05) is 6.26 Å². The third-order valence-corrected chi connectivity index (χ3v) is 3.50. The van der Waals surface area contributed by atoms with Crippen molar-refractivity contribution in [1.29, 1.82) is 5.26 Å². The number of hydrogen-bond donors (Lipinski definition) is 1. The molecule has 0 spiro atoms. The van der Waals surface area contributed by atoms with Crippen LogP contribution in [0.15, 0.2) is 29.2 Å². The van der Waals surface area contributed by atoms with Gasteiger partial charge in [-0.05, 0) is 24.6 Å². The second-order valence-electron chi connectivity index (χ2n) is 3.86. The van der Waals surface area contributed by atoms with Gasteiger partial charge in [-0.2, -0.15) is 5.26 Å². The van der Waals surface area contributed by atoms with E-state index in [0.717, 1.165) is 6.26 Å². The van der Waals surface area contributed by atoms with E-state index in [1.807, 2.05) is 6.07 Å². The first kappa shape index (κ1) is 14.2. The summed E-state index contributed by atoms with van der Waals surface area (Å²) < 4.78 is 22.7. The Morgan fingerprint density at radius 2 is 2.17 bits per heavy atom. The van der Waals surface area contributed by atoms with E-state index in [1.54, 1.807) is 6.92 Å². The Labute approximate surface area is 106 Å². The fraction of sp³-hybridized carbons (Fsp3) is 0.333. The third-order valence-electron chi connectivity index (χ3n) is 2.39. The van der Waals surface area contributed by atoms with Crippen LogP contribution in [0.1, 0.15) is 23.7 Å². The molecule has 1 aromatic rings. The van der Waals surface area contributed by atoms with Crippen LogP contribution in [0.4, 0.5) is 0 Å². The molecule has 1 amide bonds. The first-order valence-electron chi connectivity index (χ1n) is 5.39. The fourth-order valence-corrected chi connectivity index (χ4v) is 2.00. The molecule has 0 fully saturated rings. The molecule has 0 bridgehead atoms. The largest absolute Gasteiger partial charge is 0.336 e. The maximum atomic E-state index is 11.8. The first-order chi connectivity index (χ1) is 8.38. The van der Waals surface area contributed by atoms with Crippen LogP contribution >= 0.6 is 0 Å². The van der Waals surface area contributed by atoms with Gasteiger partial charge in [-0.3, -0.25) is 4.79 Å². The molecule has 0 saturated heterocycles. The van der Waals surface area contributed by atoms with Crippen LogP contribution in [0.2, 0.25) is 0 Å². The van der Waals surface area contributed by atoms with Crippen molar-refractivity contribution in [1.82, 2.24) is 5.32 Å². The molecule has 1 N–H and O–H groups in total. The Bertz CT molecular complexity index is 588. The summed E-state index contributed by atoms with van der Waals surface area (Å²) in [4.78, 5) is 11.9. The molecule has 0 aliphatic carbocycles. The molecule has 0 aliphatic heterocycles. The second-order valence-corrected chi connectivity index (χ2v) is 5.88. The minimum absolute atomic E-state index is 0.0835. The lowest BCUT2D eigenvalue weighted by Crippen LogP contribution is -2.33. The summed E-state index contributed by atoms with van der Waals surface area (Å²) in [5.41, 5.74) is 0.228. The SMILES string of the molecule is CCC(C#N)NC(=O)c1cccc(S(C)(=O)=O)c1. The van der Waals surface area contributed by atoms with Crippen LogP contribution in [0.25, 0.3) is 0 Å². The molecule has 18 heavy (non-hydrogen) atoms. The Morgan fingerprint density at radius 3 is 2.67 bits per heavy atom. The van der Waals surface area contributed by atoms with Gasteiger partial charge in [-0.15, -0.1) is 0 Å². The smallest absolute Gasteiger partial charge is 0.252 e. The molecule has 1 aromatic carbocycles. The van der Waals surface area contributed by atoms with Crippen molar-refractivity contribution in [2.45, 2.75) is 24.3 Å². The van der Waals surface area contributed by atoms with Gasteiger partial charge in [-0.25, -0.2) is 8.42 Å². The quantitative estimate of drug-likeness (QED) is 0.884. The van der Waals surface area contributed by atoms with Gasteiger partial charge in [0.15, 0.2) is 9.84 Å². The molecule has 0 aliphatic rings. The molecule has 0 radical (unpaired) electrons. The molecule has 0 saturated carbocycles. The third kappa shape index (κ3) is 3.57. The molecule has 0 aromatic heterocycles. The van der Waals surface area contributed by atoms with Crippen molar-refractivity contribution in [2.24, 2.45) is 0 Å². The standard InChI is InChI=1S/C12H14N2O3S/c1-3-10(8-13)14-12(15)9-5-4-6-11(7-9)18(2,16)17/h4-7,10H,3H2,1-2H3,(H,14,15). The Balaban J connectivity index is 2.98. The summed E-state index contributed by atoms with van der Waals surface area (Å²) in [5.74, 6) is -0.450. The maximum Gasteiger partial charge on any atom is 0.252 e. The second kappa shape index (κ2) is 5.65. The van der Waals surface area contributed by atoms with E-state index in [1.165, 1.54) is 24.3 Å². The topological polar surface area (TPSA) is 87.0 Å². The minimum atomic E-state index is -3.34. The molecule has 0 heterocycles. The van der Waals surface area contributed by atoms with E-state index >= 15 is 0 Å². The van der Waals surface area contributed by atoms with Crippen molar-refractivity contribution >= 4 is 15.7 Å². The van der Waals surface area contributed by atoms with Crippen molar-refractivity contribution in [3.63, 3.8) is 0 Å². The van der Waals surface area contributed by atoms with Gasteiger partial charge < -0.3 is 5.32 Å². The zero-order valence-electron chi connectivity index (χ0n) is 10.2. The van der Waals surface area contributed by atoms with Gasteiger partial charge >= 0.3 is 0 Å². The maximum absolute atomic E-state index is 11.8. The zero-order chi connectivity index (χ0) is 13.8. The van der Waals surface area contributed by atoms with E-state index < -0.39 is 21.8 Å². The predicted molar refractivity (Wildman–Crippen MR) is 66.7 cm³/mol. The summed E-state index contributed by atoms with van der Waals surface area (Å²) in [5, 5.41) is 11.3. The Kier molecular flexibility index (Phi) is 4.45. The van der Waals surface area contributed by atoms with Gasteiger partial charge in [0.2, 0.25) is 0 Å². The van der Waals surface area contributed by atoms with Crippen LogP contribution in [-0.2, 0) is 9.84 Å². The number of hydrogen-bond acceptors (Lipinski definition) is 4. The van der Waals surface area contributed by atoms with Crippen LogP contribution in [-0.4, -0.2) is 26.6 Å². The monoisotopic (exact) mass is 266 g/mol. The summed E-state index contributed by atoms with van der Waals surface area (Å²) in [6.07, 6.45) is 1.57. The molecule has 1 atom stereocenters. The van der Waals surface area contributed by atoms with E-state index in [9.17, 15) is 13.2 Å². The number of rotatable bonds is 4. The molecule has 6 heteroatoms. The zero-order valence-corrected chi connectivity index (χ0v) is 11.0. The van der Waals surface area contributed by atoms with Gasteiger partial charge in [0.05, 0.1) is 11.0 Å². The Morgan fingerprint density at radius 1 is 1.50 bits per heavy atom. The summed E-state index contributed by atoms with van der Waals surface area (Å²) in [6, 6.07) is 7.11. The van der Waals surface area contributed by atoms with E-state index in [4.69, 9.17) is 5.26 Å². The van der Waals surface area contributed by atoms with E-state index in [-0.39, 0.29) is 10.5 Å². The molecule has 5 nitrogen and oxygen atoms in total. The fourth-order valence-electron chi connectivity index (χ4n) is 1.34. The molecular formula is C12H14N2O3S. The van der Waals surface area contributed by atoms with Gasteiger partial charge in [0, 0.05) is 11.8 Å². The first-order valence-corrected chi connectivity index (χ1v) is 7.28. The number of nitrogens with one attached hydrogen (secondary N) is 1. The normalized spacial score (nSPS) is 12.5. The molecule has 96 valence electrons. The molecule has 1 rings (SSSR count). The number of sulfone groups is 1. The number of nitriles is 1. The number of nitrogens with zero attached hydrogens (tertiary/aromatic N) is 1. The highest BCUT2D eigenvalue weighted by Gasteiger charge is 2.14. The Hall–Kier alpha value is -1.87. The van der Waals surface area contributed by atoms with Crippen LogP contribution in [0, 0.1) is 11.3 Å². The summed E-state index contributed by atoms with van der Waals surface area (Å²) in [6.45, 7) is 1.78. The number of carbonyl (C=O) groups is 1. The van der Waals surface area contributed by atoms with Crippen LogP contribution in [0.5, 0.6) is 0 Å². The molecular weight excluding hydrogens is 252 g/mol. The number of amides is 1. The lowest BCUT2D eigenvalue weighted by Gasteiger charge is -2.09. The van der Waals surface area contributed by atoms with Gasteiger partial charge in [0.25, 0.3) is 5.91 Å². The van der Waals surface area contributed by atoms with Crippen molar-refractivity contribution in [3.05, 3.63) is 29.8 Å². The van der Waals surface area contributed by atoms with Gasteiger partial charge in [0.1, 0.15) is 6.04 Å². The highest BCUT2D eigenvalue weighted by Crippen LogP contribution is 2.11. The highest BCUT2D eigenvalue weighted by molar-refractivity contribution is 7.90. The van der Waals surface area contributed by atoms with E-state index in [2.05, 4.69) is 5.32 Å². The van der Waals surface area contributed by atoms with E-state index in [0.29, 0.717) is 6.42 Å². The average molecular weight is 266 g/mol. The lowest BCUT2D eigenvalue weighted by molar-refractivity contribution is 0.0944. The average Bonchev–Trinajstić information content (AvgIpc) is 2.34. The minimum Gasteiger partial charge on any atom is -0.336 e. The summed E-state index contributed by atoms with van der Waals surface area (Å²) in [7, 11) is -3.34. The van der Waals surface area contributed by atoms with Crippen LogP contribution < -0.4 is 5.32 Å². The van der Waals surface area contributed by atoms with Crippen molar-refractivity contribution < 1.29 is 13.2 Å². The molecule has 1 unspecified atom stereocenters. The number of carbonyl (C=O) groups excluding carboxylic acids is 1. The predicted octanol–water partition coefficient (Wildman–Crippen LogP) is 1.12. The van der Waals surface area contributed by atoms with Gasteiger partial charge in [-0.1, -0.05) is 13.0 Å². The van der Waals surface area contributed by atoms with Crippen molar-refractivity contribution in [3.8, 4) is 6.07 Å². The summed E-state index contributed by atoms with van der Waals surface area (Å²) >= 11 is 0. The lowest BCUT2D eigenvalue weighted by atomic mass is 10.2. The number of benzene rings is 1.